The van der Waals surface area contributed by atoms with E-state index >= 15 is 0 Å². The van der Waals surface area contributed by atoms with E-state index in [9.17, 15) is 18.0 Å². The molecule has 0 unspecified atom stereocenters. The van der Waals surface area contributed by atoms with Gasteiger partial charge in [0.1, 0.15) is 0 Å². The standard InChI is InChI=1S/C12H16N2O5S/c1-13-12(16)9-3-5-10(6-4-9)20(17,18)14-8-7-11(15)19-2/h3-6,14H,7-8H2,1-2H3,(H,13,16). The Balaban J connectivity index is 2.73. The Bertz CT molecular complexity index is 580. The molecule has 0 aliphatic rings. The van der Waals surface area contributed by atoms with Crippen molar-refractivity contribution in [2.45, 2.75) is 11.3 Å². The lowest BCUT2D eigenvalue weighted by Crippen LogP contribution is -2.26. The van der Waals surface area contributed by atoms with E-state index in [1.54, 1.807) is 0 Å². The summed E-state index contributed by atoms with van der Waals surface area (Å²) in [7, 11) is -0.985. The molecule has 0 aliphatic carbocycles. The maximum atomic E-state index is 11.9. The van der Waals surface area contributed by atoms with Gasteiger partial charge < -0.3 is 10.1 Å². The van der Waals surface area contributed by atoms with Crippen molar-refractivity contribution in [1.29, 1.82) is 0 Å². The average molecular weight is 300 g/mol. The van der Waals surface area contributed by atoms with E-state index in [0.29, 0.717) is 5.56 Å². The Kier molecular flexibility index (Phi) is 5.66. The number of methoxy groups -OCH3 is 1. The quantitative estimate of drug-likeness (QED) is 0.714. The molecular formula is C12H16N2O5S. The summed E-state index contributed by atoms with van der Waals surface area (Å²) in [5.41, 5.74) is 0.362. The van der Waals surface area contributed by atoms with Gasteiger partial charge in [0, 0.05) is 19.2 Å². The fraction of sp³-hybridized carbons (Fsp3) is 0.333. The van der Waals surface area contributed by atoms with Crippen molar-refractivity contribution in [2.24, 2.45) is 0 Å². The number of rotatable bonds is 6. The number of esters is 1. The van der Waals surface area contributed by atoms with Gasteiger partial charge in [-0.15, -0.1) is 0 Å². The van der Waals surface area contributed by atoms with Crippen molar-refractivity contribution in [1.82, 2.24) is 10.0 Å². The molecule has 0 radical (unpaired) electrons. The molecule has 20 heavy (non-hydrogen) atoms. The Hall–Kier alpha value is -1.93. The number of carbonyl (C=O) groups excluding carboxylic acids is 2. The summed E-state index contributed by atoms with van der Waals surface area (Å²) < 4.78 is 30.5. The second kappa shape index (κ2) is 7.01. The van der Waals surface area contributed by atoms with Gasteiger partial charge in [0.2, 0.25) is 10.0 Å². The number of nitrogens with one attached hydrogen (secondary N) is 2. The van der Waals surface area contributed by atoms with Crippen LogP contribution in [0.4, 0.5) is 0 Å². The van der Waals surface area contributed by atoms with Gasteiger partial charge >= 0.3 is 5.97 Å². The summed E-state index contributed by atoms with van der Waals surface area (Å²) in [6, 6.07) is 5.47. The largest absolute Gasteiger partial charge is 0.469 e. The monoisotopic (exact) mass is 300 g/mol. The van der Waals surface area contributed by atoms with E-state index in [1.807, 2.05) is 0 Å². The molecule has 2 N–H and O–H groups in total. The summed E-state index contributed by atoms with van der Waals surface area (Å²) in [4.78, 5) is 22.2. The summed E-state index contributed by atoms with van der Waals surface area (Å²) >= 11 is 0. The highest BCUT2D eigenvalue weighted by Gasteiger charge is 2.15. The van der Waals surface area contributed by atoms with E-state index in [-0.39, 0.29) is 23.8 Å². The second-order valence-electron chi connectivity index (χ2n) is 3.83. The molecule has 8 heteroatoms. The molecule has 0 spiro atoms. The van der Waals surface area contributed by atoms with Gasteiger partial charge in [-0.3, -0.25) is 9.59 Å². The summed E-state index contributed by atoms with van der Waals surface area (Å²) in [6.07, 6.45) is -0.0495. The number of carbonyl (C=O) groups is 2. The van der Waals surface area contributed by atoms with Gasteiger partial charge in [-0.1, -0.05) is 0 Å². The number of benzene rings is 1. The highest BCUT2D eigenvalue weighted by atomic mass is 32.2. The molecule has 110 valence electrons. The predicted molar refractivity (Wildman–Crippen MR) is 71.7 cm³/mol. The predicted octanol–water partition coefficient (Wildman–Crippen LogP) is -0.112. The molecule has 0 atom stereocenters. The van der Waals surface area contributed by atoms with E-state index in [4.69, 9.17) is 0 Å². The lowest BCUT2D eigenvalue weighted by Gasteiger charge is -2.07. The fourth-order valence-corrected chi connectivity index (χ4v) is 2.43. The van der Waals surface area contributed by atoms with Crippen molar-refractivity contribution < 1.29 is 22.7 Å². The van der Waals surface area contributed by atoms with Gasteiger partial charge in [0.15, 0.2) is 0 Å². The zero-order chi connectivity index (χ0) is 15.2. The maximum Gasteiger partial charge on any atom is 0.306 e. The van der Waals surface area contributed by atoms with E-state index < -0.39 is 16.0 Å². The highest BCUT2D eigenvalue weighted by Crippen LogP contribution is 2.10. The lowest BCUT2D eigenvalue weighted by molar-refractivity contribution is -0.140. The van der Waals surface area contributed by atoms with Gasteiger partial charge in [0.05, 0.1) is 18.4 Å². The number of hydrogen-bond acceptors (Lipinski definition) is 5. The van der Waals surface area contributed by atoms with E-state index in [0.717, 1.165) is 0 Å². The van der Waals surface area contributed by atoms with Crippen molar-refractivity contribution in [3.8, 4) is 0 Å². The number of amides is 1. The molecule has 0 saturated heterocycles. The van der Waals surface area contributed by atoms with Gasteiger partial charge in [0.25, 0.3) is 5.91 Å². The Morgan fingerprint density at radius 2 is 1.80 bits per heavy atom. The molecule has 1 aromatic carbocycles. The van der Waals surface area contributed by atoms with Crippen LogP contribution in [0.3, 0.4) is 0 Å². The minimum Gasteiger partial charge on any atom is -0.469 e. The Morgan fingerprint density at radius 3 is 2.30 bits per heavy atom. The van der Waals surface area contributed by atoms with E-state index in [2.05, 4.69) is 14.8 Å². The van der Waals surface area contributed by atoms with Crippen LogP contribution in [0.5, 0.6) is 0 Å². The Morgan fingerprint density at radius 1 is 1.20 bits per heavy atom. The summed E-state index contributed by atoms with van der Waals surface area (Å²) in [5.74, 6) is -0.796. The molecule has 0 fully saturated rings. The van der Waals surface area contributed by atoms with Crippen LogP contribution >= 0.6 is 0 Å². The molecule has 0 bridgehead atoms. The summed E-state index contributed by atoms with van der Waals surface area (Å²) in [5, 5.41) is 2.44. The lowest BCUT2D eigenvalue weighted by atomic mass is 10.2. The van der Waals surface area contributed by atoms with Gasteiger partial charge in [-0.05, 0) is 24.3 Å². The topological polar surface area (TPSA) is 102 Å². The average Bonchev–Trinajstić information content (AvgIpc) is 2.46. The molecule has 1 rings (SSSR count). The molecule has 1 amide bonds. The minimum absolute atomic E-state index is 0.0232. The third-order valence-electron chi connectivity index (χ3n) is 2.50. The van der Waals surface area contributed by atoms with Crippen molar-refractivity contribution >= 4 is 21.9 Å². The molecule has 0 aliphatic heterocycles. The first-order valence-electron chi connectivity index (χ1n) is 5.79. The van der Waals surface area contributed by atoms with Crippen LogP contribution in [0.15, 0.2) is 29.2 Å². The smallest absolute Gasteiger partial charge is 0.306 e. The van der Waals surface area contributed by atoms with Crippen LogP contribution in [-0.2, 0) is 19.6 Å². The third kappa shape index (κ3) is 4.32. The number of hydrogen-bond donors (Lipinski definition) is 2. The highest BCUT2D eigenvalue weighted by molar-refractivity contribution is 7.89. The van der Waals surface area contributed by atoms with Crippen molar-refractivity contribution in [2.75, 3.05) is 20.7 Å². The minimum atomic E-state index is -3.70. The van der Waals surface area contributed by atoms with Crippen LogP contribution < -0.4 is 10.0 Å². The normalized spacial score (nSPS) is 10.9. The summed E-state index contributed by atoms with van der Waals surface area (Å²) in [6.45, 7) is -0.0494. The van der Waals surface area contributed by atoms with Crippen molar-refractivity contribution in [3.05, 3.63) is 29.8 Å². The van der Waals surface area contributed by atoms with Gasteiger partial charge in [-0.2, -0.15) is 0 Å². The van der Waals surface area contributed by atoms with Crippen LogP contribution in [0.25, 0.3) is 0 Å². The second-order valence-corrected chi connectivity index (χ2v) is 5.59. The molecular weight excluding hydrogens is 284 g/mol. The van der Waals surface area contributed by atoms with Crippen LogP contribution in [0.2, 0.25) is 0 Å². The van der Waals surface area contributed by atoms with Crippen molar-refractivity contribution in [3.63, 3.8) is 0 Å². The number of ether oxygens (including phenoxy) is 1. The molecule has 7 nitrogen and oxygen atoms in total. The van der Waals surface area contributed by atoms with E-state index in [1.165, 1.54) is 38.4 Å². The molecule has 1 aromatic rings. The van der Waals surface area contributed by atoms with Crippen LogP contribution in [-0.4, -0.2) is 41.0 Å². The maximum absolute atomic E-state index is 11.9. The fourth-order valence-electron chi connectivity index (χ4n) is 1.40. The third-order valence-corrected chi connectivity index (χ3v) is 3.98. The molecule has 0 aromatic heterocycles. The first-order chi connectivity index (χ1) is 9.40. The first kappa shape index (κ1) is 16.1. The zero-order valence-corrected chi connectivity index (χ0v) is 12.0. The SMILES string of the molecule is CNC(=O)c1ccc(S(=O)(=O)NCCC(=O)OC)cc1. The molecule has 0 saturated carbocycles. The number of sulfonamides is 1. The van der Waals surface area contributed by atoms with Gasteiger partial charge in [-0.25, -0.2) is 13.1 Å². The Labute approximate surface area is 117 Å². The first-order valence-corrected chi connectivity index (χ1v) is 7.27. The van der Waals surface area contributed by atoms with Crippen LogP contribution in [0, 0.1) is 0 Å². The zero-order valence-electron chi connectivity index (χ0n) is 11.2. The molecule has 0 heterocycles. The van der Waals surface area contributed by atoms with Crippen LogP contribution in [0.1, 0.15) is 16.8 Å².